The normalized spacial score (nSPS) is 8.71. The second kappa shape index (κ2) is 6.42. The average molecular weight is 222 g/mol. The van der Waals surface area contributed by atoms with Gasteiger partial charge in [0.15, 0.2) is 0 Å². The number of hydrogen-bond donors (Lipinski definition) is 1. The summed E-state index contributed by atoms with van der Waals surface area (Å²) in [4.78, 5) is 10.8. The molecule has 0 amide bonds. The third-order valence-electron chi connectivity index (χ3n) is 1.64. The van der Waals surface area contributed by atoms with Gasteiger partial charge in [0.05, 0.1) is 14.2 Å². The molecule has 1 N–H and O–H groups in total. The average Bonchev–Trinajstić information content (AvgIpc) is 2.16. The van der Waals surface area contributed by atoms with Crippen LogP contribution < -0.4 is 9.47 Å². The summed E-state index contributed by atoms with van der Waals surface area (Å²) in [5.41, 5.74) is 0.0486. The van der Waals surface area contributed by atoms with E-state index in [0.29, 0.717) is 11.5 Å². The molecule has 0 aliphatic rings. The number of aromatic carboxylic acids is 1. The molecule has 0 radical (unpaired) electrons. The van der Waals surface area contributed by atoms with Gasteiger partial charge in [0.1, 0.15) is 17.1 Å². The fourth-order valence-electron chi connectivity index (χ4n) is 1.06. The van der Waals surface area contributed by atoms with E-state index in [1.165, 1.54) is 14.2 Å². The molecule has 0 unspecified atom stereocenters. The predicted octanol–water partition coefficient (Wildman–Crippen LogP) is 0.753. The van der Waals surface area contributed by atoms with E-state index in [1.807, 2.05) is 0 Å². The standard InChI is InChI=1S/C9H10O4.K.H/c1-12-6-4-3-5-7(13-2)8(6)9(10)11;;/h3-5H,1-2H3,(H,10,11);;. The fourth-order valence-corrected chi connectivity index (χ4v) is 1.06. The molecule has 0 heterocycles. The molecule has 0 bridgehead atoms. The quantitative estimate of drug-likeness (QED) is 0.767. The van der Waals surface area contributed by atoms with Crippen molar-refractivity contribution in [1.29, 1.82) is 0 Å². The number of hydrogen-bond acceptors (Lipinski definition) is 3. The van der Waals surface area contributed by atoms with Crippen LogP contribution in [0.4, 0.5) is 0 Å². The summed E-state index contributed by atoms with van der Waals surface area (Å²) in [6, 6.07) is 4.82. The number of carboxylic acid groups (broad SMARTS) is 1. The van der Waals surface area contributed by atoms with E-state index in [9.17, 15) is 4.79 Å². The van der Waals surface area contributed by atoms with Crippen LogP contribution in [0.5, 0.6) is 11.5 Å². The molecule has 0 saturated heterocycles. The molecule has 0 aliphatic carbocycles. The second-order valence-electron chi connectivity index (χ2n) is 2.34. The monoisotopic (exact) mass is 222 g/mol. The van der Waals surface area contributed by atoms with Crippen LogP contribution in [-0.4, -0.2) is 76.7 Å². The van der Waals surface area contributed by atoms with E-state index < -0.39 is 5.97 Å². The Bertz CT molecular complexity index is 302. The van der Waals surface area contributed by atoms with E-state index in [1.54, 1.807) is 18.2 Å². The Hall–Kier alpha value is -0.0736. The summed E-state index contributed by atoms with van der Waals surface area (Å²) in [5.74, 6) is -0.465. The first-order valence-corrected chi connectivity index (χ1v) is 3.65. The molecule has 0 aromatic heterocycles. The third-order valence-corrected chi connectivity index (χ3v) is 1.64. The molecule has 72 valence electrons. The molecule has 0 atom stereocenters. The Morgan fingerprint density at radius 1 is 1.21 bits per heavy atom. The molecule has 4 nitrogen and oxygen atoms in total. The van der Waals surface area contributed by atoms with Gasteiger partial charge in [-0.1, -0.05) is 6.07 Å². The van der Waals surface area contributed by atoms with Gasteiger partial charge >= 0.3 is 57.4 Å². The maximum atomic E-state index is 10.8. The van der Waals surface area contributed by atoms with Crippen molar-refractivity contribution >= 4 is 57.4 Å². The van der Waals surface area contributed by atoms with E-state index in [2.05, 4.69) is 0 Å². The molecule has 0 fully saturated rings. The van der Waals surface area contributed by atoms with Gasteiger partial charge in [-0.15, -0.1) is 0 Å². The van der Waals surface area contributed by atoms with Gasteiger partial charge in [0.2, 0.25) is 0 Å². The Kier molecular flexibility index (Phi) is 6.38. The van der Waals surface area contributed by atoms with Crippen molar-refractivity contribution in [1.82, 2.24) is 0 Å². The van der Waals surface area contributed by atoms with Crippen LogP contribution in [-0.2, 0) is 0 Å². The van der Waals surface area contributed by atoms with Gasteiger partial charge in [0, 0.05) is 0 Å². The van der Waals surface area contributed by atoms with E-state index in [4.69, 9.17) is 14.6 Å². The van der Waals surface area contributed by atoms with E-state index >= 15 is 0 Å². The summed E-state index contributed by atoms with van der Waals surface area (Å²) in [6.07, 6.45) is 0. The van der Waals surface area contributed by atoms with Crippen LogP contribution in [0.3, 0.4) is 0 Å². The number of carboxylic acids is 1. The SMILES string of the molecule is COc1cccc(OC)c1C(=O)O.[KH]. The number of carbonyl (C=O) groups is 1. The van der Waals surface area contributed by atoms with Crippen LogP contribution >= 0.6 is 0 Å². The molecule has 1 aromatic rings. The van der Waals surface area contributed by atoms with Crippen molar-refractivity contribution in [3.8, 4) is 11.5 Å². The predicted molar refractivity (Wildman–Crippen MR) is 53.7 cm³/mol. The van der Waals surface area contributed by atoms with Crippen LogP contribution in [0.25, 0.3) is 0 Å². The van der Waals surface area contributed by atoms with Crippen LogP contribution in [0, 0.1) is 0 Å². The molecule has 1 rings (SSSR count). The molecular formula is C9H11KO4. The molecule has 0 saturated carbocycles. The molecule has 0 spiro atoms. The van der Waals surface area contributed by atoms with Crippen molar-refractivity contribution in [3.63, 3.8) is 0 Å². The molecule has 14 heavy (non-hydrogen) atoms. The minimum absolute atomic E-state index is 0. The van der Waals surface area contributed by atoms with Gasteiger partial charge in [-0.05, 0) is 12.1 Å². The summed E-state index contributed by atoms with van der Waals surface area (Å²) in [7, 11) is 2.84. The molecule has 5 heteroatoms. The fraction of sp³-hybridized carbons (Fsp3) is 0.222. The number of rotatable bonds is 3. The van der Waals surface area contributed by atoms with Crippen molar-refractivity contribution in [2.24, 2.45) is 0 Å². The zero-order chi connectivity index (χ0) is 9.84. The maximum absolute atomic E-state index is 10.8. The summed E-state index contributed by atoms with van der Waals surface area (Å²) in [6.45, 7) is 0. The van der Waals surface area contributed by atoms with Crippen LogP contribution in [0.2, 0.25) is 0 Å². The first-order chi connectivity index (χ1) is 6.20. The van der Waals surface area contributed by atoms with Crippen LogP contribution in [0.1, 0.15) is 10.4 Å². The minimum atomic E-state index is -1.06. The second-order valence-corrected chi connectivity index (χ2v) is 2.34. The number of ether oxygens (including phenoxy) is 2. The Balaban J connectivity index is 0.00000169. The summed E-state index contributed by atoms with van der Waals surface area (Å²) in [5, 5.41) is 8.85. The van der Waals surface area contributed by atoms with Gasteiger partial charge < -0.3 is 14.6 Å². The third kappa shape index (κ3) is 2.96. The van der Waals surface area contributed by atoms with Crippen LogP contribution in [0.15, 0.2) is 18.2 Å². The Morgan fingerprint density at radius 2 is 1.64 bits per heavy atom. The molecular weight excluding hydrogens is 211 g/mol. The van der Waals surface area contributed by atoms with Crippen molar-refractivity contribution in [2.45, 2.75) is 0 Å². The van der Waals surface area contributed by atoms with Crippen molar-refractivity contribution in [3.05, 3.63) is 23.8 Å². The first kappa shape index (κ1) is 13.9. The Morgan fingerprint density at radius 3 is 1.93 bits per heavy atom. The summed E-state index contributed by atoms with van der Waals surface area (Å²) < 4.78 is 9.78. The van der Waals surface area contributed by atoms with Crippen molar-refractivity contribution < 1.29 is 19.4 Å². The zero-order valence-corrected chi connectivity index (χ0v) is 7.40. The first-order valence-electron chi connectivity index (χ1n) is 3.65. The number of methoxy groups -OCH3 is 2. The number of benzene rings is 1. The van der Waals surface area contributed by atoms with E-state index in [0.717, 1.165) is 0 Å². The molecule has 1 aromatic carbocycles. The zero-order valence-electron chi connectivity index (χ0n) is 7.40. The van der Waals surface area contributed by atoms with Crippen molar-refractivity contribution in [2.75, 3.05) is 14.2 Å². The van der Waals surface area contributed by atoms with Gasteiger partial charge in [-0.2, -0.15) is 0 Å². The summed E-state index contributed by atoms with van der Waals surface area (Å²) >= 11 is 0. The van der Waals surface area contributed by atoms with Gasteiger partial charge in [-0.25, -0.2) is 4.79 Å². The van der Waals surface area contributed by atoms with E-state index in [-0.39, 0.29) is 56.9 Å². The van der Waals surface area contributed by atoms with Gasteiger partial charge in [0.25, 0.3) is 0 Å². The molecule has 0 aliphatic heterocycles. The Labute approximate surface area is 125 Å². The van der Waals surface area contributed by atoms with Gasteiger partial charge in [-0.3, -0.25) is 0 Å². The topological polar surface area (TPSA) is 55.8 Å².